The molecule has 123 heavy (non-hydrogen) atoms. The number of ether oxygens (including phenoxy) is 12. The summed E-state index contributed by atoms with van der Waals surface area (Å²) in [4.78, 5) is 86.8. The Kier molecular flexibility index (Phi) is 48.1. The molecule has 7 rings (SSSR count). The Bertz CT molecular complexity index is 3670. The van der Waals surface area contributed by atoms with Crippen LogP contribution in [0.3, 0.4) is 0 Å². The quantitative estimate of drug-likeness (QED) is 0.0106. The van der Waals surface area contributed by atoms with Crippen molar-refractivity contribution in [2.24, 2.45) is 0 Å². The van der Waals surface area contributed by atoms with Crippen LogP contribution in [0.25, 0.3) is 0 Å². The van der Waals surface area contributed by atoms with Crippen LogP contribution in [0, 0.1) is 0 Å². The first-order valence-corrected chi connectivity index (χ1v) is 46.4. The normalized spacial score (nSPS) is 11.9. The van der Waals surface area contributed by atoms with E-state index in [-0.39, 0.29) is 50.7 Å². The van der Waals surface area contributed by atoms with Gasteiger partial charge in [-0.05, 0) is 167 Å². The highest BCUT2D eigenvalue weighted by atomic mass is 16.6. The van der Waals surface area contributed by atoms with E-state index >= 15 is 0 Å². The zero-order chi connectivity index (χ0) is 87.9. The molecule has 672 valence electrons. The van der Waals surface area contributed by atoms with E-state index in [4.69, 9.17) is 56.8 Å². The Labute approximate surface area is 733 Å². The van der Waals surface area contributed by atoms with Crippen LogP contribution in [0.4, 0.5) is 17.1 Å². The fourth-order valence-electron chi connectivity index (χ4n) is 13.5. The summed E-state index contributed by atoms with van der Waals surface area (Å²) in [5.74, 6) is -0.176. The lowest BCUT2D eigenvalue weighted by Crippen LogP contribution is -2.33. The molecule has 0 unspecified atom stereocenters. The number of nitrogens with one attached hydrogen (secondary N) is 3. The average Bonchev–Trinajstić information content (AvgIpc) is 0.770. The van der Waals surface area contributed by atoms with Crippen LogP contribution in [-0.4, -0.2) is 94.7 Å². The van der Waals surface area contributed by atoms with Crippen molar-refractivity contribution in [1.82, 2.24) is 0 Å². The van der Waals surface area contributed by atoms with Crippen LogP contribution in [0.15, 0.2) is 145 Å². The topological polar surface area (TPSA) is 249 Å². The van der Waals surface area contributed by atoms with E-state index in [1.807, 2.05) is 0 Å². The lowest BCUT2D eigenvalue weighted by Gasteiger charge is -2.19. The van der Waals surface area contributed by atoms with Crippen LogP contribution >= 0.6 is 0 Å². The first-order chi connectivity index (χ1) is 60.2. The third-order valence-corrected chi connectivity index (χ3v) is 20.8. The maximum atomic E-state index is 14.7. The number of esters is 3. The molecule has 1 fully saturated rings. The zero-order valence-corrected chi connectivity index (χ0v) is 75.3. The van der Waals surface area contributed by atoms with Crippen LogP contribution in [0.1, 0.15) is 325 Å². The Balaban J connectivity index is 1.17. The largest absolute Gasteiger partial charge is 0.490 e. The van der Waals surface area contributed by atoms with Gasteiger partial charge in [0.05, 0.1) is 92.9 Å². The van der Waals surface area contributed by atoms with Crippen molar-refractivity contribution in [3.8, 4) is 69.0 Å². The summed E-state index contributed by atoms with van der Waals surface area (Å²) >= 11 is 0. The van der Waals surface area contributed by atoms with Gasteiger partial charge in [0.2, 0.25) is 34.6 Å². The third-order valence-electron chi connectivity index (χ3n) is 20.8. The third kappa shape index (κ3) is 35.7. The van der Waals surface area contributed by atoms with Gasteiger partial charge in [-0.15, -0.1) is 0 Å². The van der Waals surface area contributed by atoms with E-state index in [9.17, 15) is 28.8 Å². The molecule has 3 N–H and O–H groups in total. The van der Waals surface area contributed by atoms with E-state index < -0.39 is 35.3 Å². The Morgan fingerprint density at radius 2 is 0.407 bits per heavy atom. The molecular weight excluding hydrogens is 1560 g/mol. The minimum atomic E-state index is -0.881. The first-order valence-electron chi connectivity index (χ1n) is 46.4. The van der Waals surface area contributed by atoms with Crippen molar-refractivity contribution in [2.45, 2.75) is 293 Å². The van der Waals surface area contributed by atoms with E-state index in [0.29, 0.717) is 128 Å². The summed E-state index contributed by atoms with van der Waals surface area (Å²) < 4.78 is 75.4. The number of rotatable bonds is 66. The molecule has 0 aromatic heterocycles. The summed E-state index contributed by atoms with van der Waals surface area (Å²) in [5.41, 5.74) is 0.709. The predicted octanol–water partition coefficient (Wildman–Crippen LogP) is 26.0. The van der Waals surface area contributed by atoms with Gasteiger partial charge in [-0.25, -0.2) is 14.4 Å². The van der Waals surface area contributed by atoms with Crippen LogP contribution in [0.2, 0.25) is 0 Å². The lowest BCUT2D eigenvalue weighted by atomic mass is 9.84. The van der Waals surface area contributed by atoms with Gasteiger partial charge >= 0.3 is 17.9 Å². The second-order valence-corrected chi connectivity index (χ2v) is 31.4. The summed E-state index contributed by atoms with van der Waals surface area (Å²) in [6, 6.07) is 29.0. The molecule has 0 atom stereocenters. The van der Waals surface area contributed by atoms with Gasteiger partial charge in [-0.3, -0.25) is 14.4 Å². The Morgan fingerprint density at radius 3 is 0.577 bits per heavy atom. The van der Waals surface area contributed by atoms with E-state index in [1.54, 1.807) is 109 Å². The maximum Gasteiger partial charge on any atom is 0.343 e. The van der Waals surface area contributed by atoms with Crippen molar-refractivity contribution in [2.75, 3.05) is 75.4 Å². The highest BCUT2D eigenvalue weighted by Gasteiger charge is 2.39. The van der Waals surface area contributed by atoms with Gasteiger partial charge in [-0.2, -0.15) is 0 Å². The number of hydrogen-bond acceptors (Lipinski definition) is 21. The molecule has 6 aromatic rings. The minimum absolute atomic E-state index is 0.201. The molecule has 0 saturated heterocycles. The van der Waals surface area contributed by atoms with Crippen molar-refractivity contribution in [3.05, 3.63) is 161 Å². The highest BCUT2D eigenvalue weighted by Crippen LogP contribution is 2.44. The highest BCUT2D eigenvalue weighted by molar-refractivity contribution is 6.51. The van der Waals surface area contributed by atoms with Gasteiger partial charge in [0.15, 0.2) is 34.5 Å². The lowest BCUT2D eigenvalue weighted by molar-refractivity contribution is -0.124. The number of unbranched alkanes of at least 4 members (excludes halogenated alkanes) is 27. The Morgan fingerprint density at radius 1 is 0.236 bits per heavy atom. The SMILES string of the molecule is CCCCCCOc1cc(C(=O)Oc2ccc(NC=C3C(=O)C(=CNc4ccc(OC(=O)c5cc(OCCCCCC)c(OCCCCCC)c(OCCCCCC)c5)cc4)C(=O)C(=CNc4ccc(OC(=O)c5cc(OCCCCCC)c(OCCCCCC)c(OCCCCCC)c5)cc4)C3=O)cc2)cc(OCCCCCC)c1OCCCCCC. The first kappa shape index (κ1) is 99.7. The van der Waals surface area contributed by atoms with Gasteiger partial charge in [-0.1, -0.05) is 236 Å². The summed E-state index contributed by atoms with van der Waals surface area (Å²) in [6.07, 6.45) is 39.7. The molecule has 0 heterocycles. The number of carbonyl (C=O) groups excluding carboxylic acids is 6. The average molecular weight is 1700 g/mol. The molecule has 0 radical (unpaired) electrons. The molecule has 6 aromatic carbocycles. The zero-order valence-electron chi connectivity index (χ0n) is 75.3. The fraction of sp³-hybridized carbons (Fsp3) is 0.529. The summed E-state index contributed by atoms with van der Waals surface area (Å²) in [5, 5.41) is 9.17. The second-order valence-electron chi connectivity index (χ2n) is 31.4. The van der Waals surface area contributed by atoms with Crippen molar-refractivity contribution >= 4 is 52.3 Å². The van der Waals surface area contributed by atoms with Gasteiger partial charge in [0.25, 0.3) is 0 Å². The van der Waals surface area contributed by atoms with Crippen molar-refractivity contribution < 1.29 is 85.6 Å². The van der Waals surface area contributed by atoms with E-state index in [0.717, 1.165) is 231 Å². The molecule has 0 aliphatic heterocycles. The van der Waals surface area contributed by atoms with Crippen LogP contribution in [-0.2, 0) is 14.4 Å². The number of anilines is 3. The number of ketones is 3. The molecule has 21 nitrogen and oxygen atoms in total. The fourth-order valence-corrected chi connectivity index (χ4v) is 13.5. The number of allylic oxidation sites excluding steroid dienone is 3. The molecule has 1 saturated carbocycles. The number of benzene rings is 6. The van der Waals surface area contributed by atoms with Gasteiger partial charge in [0, 0.05) is 35.7 Å². The predicted molar refractivity (Wildman–Crippen MR) is 490 cm³/mol. The smallest absolute Gasteiger partial charge is 0.343 e. The number of hydrogen-bond donors (Lipinski definition) is 3. The van der Waals surface area contributed by atoms with Gasteiger partial charge < -0.3 is 72.8 Å². The Hall–Kier alpha value is -10.4. The molecule has 0 bridgehead atoms. The van der Waals surface area contributed by atoms with Crippen molar-refractivity contribution in [1.29, 1.82) is 0 Å². The summed E-state index contributed by atoms with van der Waals surface area (Å²) in [6.45, 7) is 23.4. The molecule has 1 aliphatic rings. The monoisotopic (exact) mass is 1700 g/mol. The number of carbonyl (C=O) groups is 6. The van der Waals surface area contributed by atoms with Gasteiger partial charge in [0.1, 0.15) is 17.2 Å². The molecular formula is C102H141N3O18. The molecule has 1 aliphatic carbocycles. The van der Waals surface area contributed by atoms with E-state index in [1.165, 1.54) is 18.6 Å². The van der Waals surface area contributed by atoms with Crippen molar-refractivity contribution in [3.63, 3.8) is 0 Å². The standard InChI is InChI=1S/C102H141N3O18/c1-10-19-28-37-58-112-88-67-76(68-89(113-59-38-29-20-11-2)97(88)118-64-43-34-25-16-7)100(109)121-82-52-46-79(47-53-82)103-73-85-94(106)86(74-104-80-48-54-83(55-49-80)122-101(110)77-69-90(114-60-39-30-21-12-3)98(119-65-44-35-26-17-8)91(70-77)115-61-40-31-22-13-4)96(108)87(95(85)107)75-105-81-50-56-84(57-51-81)123-102(111)78-71-92(116-62-41-32-23-14-5)99(120-66-45-36-27-18-9)93(72-78)117-63-42-33-24-15-6/h46-57,67-75,103-105H,10-45,58-66H2,1-9H3. The molecule has 0 amide bonds. The van der Waals surface area contributed by atoms with Crippen LogP contribution in [0.5, 0.6) is 69.0 Å². The number of Topliss-reactive ketones (excluding diaryl/α,β-unsaturated/α-hetero) is 3. The van der Waals surface area contributed by atoms with E-state index in [2.05, 4.69) is 78.3 Å². The molecule has 0 spiro atoms. The van der Waals surface area contributed by atoms with Crippen LogP contribution < -0.4 is 72.8 Å². The second kappa shape index (κ2) is 59.4. The summed E-state index contributed by atoms with van der Waals surface area (Å²) in [7, 11) is 0. The minimum Gasteiger partial charge on any atom is -0.490 e. The maximum absolute atomic E-state index is 14.7. The molecule has 21 heteroatoms.